The van der Waals surface area contributed by atoms with E-state index < -0.39 is 0 Å². The quantitative estimate of drug-likeness (QED) is 0.719. The van der Waals surface area contributed by atoms with Gasteiger partial charge in [-0.15, -0.1) is 0 Å². The Balaban J connectivity index is 2.16. The van der Waals surface area contributed by atoms with E-state index in [4.69, 9.17) is 0 Å². The molecule has 0 amide bonds. The molecule has 17 heavy (non-hydrogen) atoms. The van der Waals surface area contributed by atoms with Crippen molar-refractivity contribution in [3.05, 3.63) is 42.1 Å². The lowest BCUT2D eigenvalue weighted by atomic mass is 10.2. The Hall–Kier alpha value is -1.79. The molecule has 1 aromatic heterocycles. The minimum atomic E-state index is 0.0887. The van der Waals surface area contributed by atoms with Gasteiger partial charge in [0.05, 0.1) is 11.3 Å². The van der Waals surface area contributed by atoms with Gasteiger partial charge in [0.1, 0.15) is 5.69 Å². The van der Waals surface area contributed by atoms with Crippen LogP contribution in [0.1, 0.15) is 12.6 Å². The average Bonchev–Trinajstić information content (AvgIpc) is 2.34. The van der Waals surface area contributed by atoms with Crippen LogP contribution in [-0.2, 0) is 4.79 Å². The summed E-state index contributed by atoms with van der Waals surface area (Å²) in [6.07, 6.45) is 0. The Bertz CT molecular complexity index is 610. The molecule has 0 aliphatic carbocycles. The zero-order chi connectivity index (χ0) is 12.1. The van der Waals surface area contributed by atoms with E-state index in [9.17, 15) is 4.79 Å². The summed E-state index contributed by atoms with van der Waals surface area (Å²) < 4.78 is 0. The molecule has 0 radical (unpaired) electrons. The van der Waals surface area contributed by atoms with Gasteiger partial charge in [-0.3, -0.25) is 4.79 Å². The van der Waals surface area contributed by atoms with Gasteiger partial charge >= 0.3 is 0 Å². The second-order valence-electron chi connectivity index (χ2n) is 3.47. The van der Waals surface area contributed by atoms with E-state index in [-0.39, 0.29) is 5.12 Å². The van der Waals surface area contributed by atoms with Crippen molar-refractivity contribution in [3.8, 4) is 11.8 Å². The fourth-order valence-corrected chi connectivity index (χ4v) is 1.75. The van der Waals surface area contributed by atoms with Crippen molar-refractivity contribution >= 4 is 27.8 Å². The highest BCUT2D eigenvalue weighted by atomic mass is 32.2. The number of para-hydroxylation sites is 1. The van der Waals surface area contributed by atoms with Crippen LogP contribution in [0, 0.1) is 11.8 Å². The summed E-state index contributed by atoms with van der Waals surface area (Å²) in [5.41, 5.74) is 1.69. The molecular formula is C14H11NOS. The monoisotopic (exact) mass is 241 g/mol. The summed E-state index contributed by atoms with van der Waals surface area (Å²) in [5.74, 6) is 6.40. The standard InChI is InChI=1S/C14H11NOS/c1-11(16)17-10-4-6-13-9-8-12-5-2-3-7-14(12)15-13/h2-3,5,7-9H,10H2,1H3. The number of benzene rings is 1. The van der Waals surface area contributed by atoms with Crippen LogP contribution in [0.5, 0.6) is 0 Å². The molecule has 0 atom stereocenters. The predicted octanol–water partition coefficient (Wildman–Crippen LogP) is 2.87. The van der Waals surface area contributed by atoms with Crippen LogP contribution in [0.3, 0.4) is 0 Å². The smallest absolute Gasteiger partial charge is 0.186 e. The van der Waals surface area contributed by atoms with Gasteiger partial charge in [-0.05, 0) is 18.1 Å². The first kappa shape index (κ1) is 11.7. The molecule has 0 aliphatic rings. The van der Waals surface area contributed by atoms with Crippen molar-refractivity contribution in [3.63, 3.8) is 0 Å². The molecule has 0 spiro atoms. The van der Waals surface area contributed by atoms with Crippen molar-refractivity contribution in [2.45, 2.75) is 6.92 Å². The highest BCUT2D eigenvalue weighted by Crippen LogP contribution is 2.11. The highest BCUT2D eigenvalue weighted by molar-refractivity contribution is 8.13. The third-order valence-corrected chi connectivity index (χ3v) is 2.86. The molecular weight excluding hydrogens is 230 g/mol. The number of thioether (sulfide) groups is 1. The molecule has 0 bridgehead atoms. The maximum absolute atomic E-state index is 10.7. The second kappa shape index (κ2) is 5.51. The summed E-state index contributed by atoms with van der Waals surface area (Å²) in [6.45, 7) is 1.54. The first-order valence-corrected chi connectivity index (χ1v) is 6.22. The van der Waals surface area contributed by atoms with Crippen molar-refractivity contribution in [2.24, 2.45) is 0 Å². The lowest BCUT2D eigenvalue weighted by Gasteiger charge is -1.96. The Morgan fingerprint density at radius 3 is 2.94 bits per heavy atom. The third-order valence-electron chi connectivity index (χ3n) is 2.16. The summed E-state index contributed by atoms with van der Waals surface area (Å²) in [5, 5.41) is 1.20. The molecule has 0 saturated carbocycles. The molecule has 2 rings (SSSR count). The number of pyridine rings is 1. The first-order chi connectivity index (χ1) is 8.25. The van der Waals surface area contributed by atoms with Crippen LogP contribution in [0.4, 0.5) is 0 Å². The fourth-order valence-electron chi connectivity index (χ4n) is 1.40. The van der Waals surface area contributed by atoms with Crippen molar-refractivity contribution in [2.75, 3.05) is 5.75 Å². The molecule has 1 heterocycles. The summed E-state index contributed by atoms with van der Waals surface area (Å²) in [4.78, 5) is 15.1. The molecule has 0 saturated heterocycles. The number of aromatic nitrogens is 1. The number of hydrogen-bond donors (Lipinski definition) is 0. The van der Waals surface area contributed by atoms with E-state index in [0.29, 0.717) is 5.75 Å². The molecule has 84 valence electrons. The van der Waals surface area contributed by atoms with Crippen LogP contribution >= 0.6 is 11.8 Å². The largest absolute Gasteiger partial charge is 0.288 e. The number of carbonyl (C=O) groups is 1. The van der Waals surface area contributed by atoms with Crippen molar-refractivity contribution in [1.82, 2.24) is 4.98 Å². The number of nitrogens with zero attached hydrogens (tertiary/aromatic N) is 1. The van der Waals surface area contributed by atoms with Gasteiger partial charge < -0.3 is 0 Å². The Morgan fingerprint density at radius 1 is 1.29 bits per heavy atom. The molecule has 3 heteroatoms. The van der Waals surface area contributed by atoms with Crippen LogP contribution in [0.25, 0.3) is 10.9 Å². The fraction of sp³-hybridized carbons (Fsp3) is 0.143. The molecule has 0 fully saturated rings. The summed E-state index contributed by atoms with van der Waals surface area (Å²) >= 11 is 1.21. The number of hydrogen-bond acceptors (Lipinski definition) is 3. The van der Waals surface area contributed by atoms with E-state index in [1.54, 1.807) is 6.92 Å². The predicted molar refractivity (Wildman–Crippen MR) is 71.8 cm³/mol. The molecule has 1 aromatic carbocycles. The maximum Gasteiger partial charge on any atom is 0.186 e. The summed E-state index contributed by atoms with van der Waals surface area (Å²) in [7, 11) is 0. The van der Waals surface area contributed by atoms with E-state index in [1.807, 2.05) is 36.4 Å². The topological polar surface area (TPSA) is 30.0 Å². The number of fused-ring (bicyclic) bond motifs is 1. The third kappa shape index (κ3) is 3.33. The molecule has 0 aliphatic heterocycles. The maximum atomic E-state index is 10.7. The lowest BCUT2D eigenvalue weighted by molar-refractivity contribution is -0.109. The van der Waals surface area contributed by atoms with Crippen LogP contribution < -0.4 is 0 Å². The summed E-state index contributed by atoms with van der Waals surface area (Å²) in [6, 6.07) is 11.8. The van der Waals surface area contributed by atoms with E-state index in [1.165, 1.54) is 11.8 Å². The normalized spacial score (nSPS) is 9.71. The van der Waals surface area contributed by atoms with Gasteiger partial charge in [-0.2, -0.15) is 0 Å². The minimum absolute atomic E-state index is 0.0887. The molecule has 2 aromatic rings. The van der Waals surface area contributed by atoms with Gasteiger partial charge in [0.25, 0.3) is 0 Å². The zero-order valence-corrected chi connectivity index (χ0v) is 10.3. The van der Waals surface area contributed by atoms with Crippen LogP contribution in [0.15, 0.2) is 36.4 Å². The molecule has 0 N–H and O–H groups in total. The molecule has 2 nitrogen and oxygen atoms in total. The highest BCUT2D eigenvalue weighted by Gasteiger charge is 1.94. The molecule has 0 unspecified atom stereocenters. The van der Waals surface area contributed by atoms with Gasteiger partial charge in [0, 0.05) is 12.3 Å². The Morgan fingerprint density at radius 2 is 2.12 bits per heavy atom. The van der Waals surface area contributed by atoms with Crippen LogP contribution in [0.2, 0.25) is 0 Å². The average molecular weight is 241 g/mol. The first-order valence-electron chi connectivity index (χ1n) is 5.24. The van der Waals surface area contributed by atoms with Gasteiger partial charge in [0.2, 0.25) is 0 Å². The van der Waals surface area contributed by atoms with E-state index in [0.717, 1.165) is 16.6 Å². The zero-order valence-electron chi connectivity index (χ0n) is 9.43. The van der Waals surface area contributed by atoms with E-state index in [2.05, 4.69) is 16.8 Å². The van der Waals surface area contributed by atoms with Gasteiger partial charge in [-0.25, -0.2) is 4.98 Å². The Labute approximate surface area is 104 Å². The second-order valence-corrected chi connectivity index (χ2v) is 4.62. The van der Waals surface area contributed by atoms with Gasteiger partial charge in [-0.1, -0.05) is 41.9 Å². The number of rotatable bonds is 1. The van der Waals surface area contributed by atoms with E-state index >= 15 is 0 Å². The van der Waals surface area contributed by atoms with Gasteiger partial charge in [0.15, 0.2) is 5.12 Å². The lowest BCUT2D eigenvalue weighted by Crippen LogP contribution is -1.85. The number of carbonyl (C=O) groups excluding carboxylic acids is 1. The van der Waals surface area contributed by atoms with Crippen molar-refractivity contribution in [1.29, 1.82) is 0 Å². The Kier molecular flexibility index (Phi) is 3.79. The minimum Gasteiger partial charge on any atom is -0.288 e. The van der Waals surface area contributed by atoms with Crippen molar-refractivity contribution < 1.29 is 4.79 Å². The van der Waals surface area contributed by atoms with Crippen LogP contribution in [-0.4, -0.2) is 15.9 Å². The SMILES string of the molecule is CC(=O)SCC#Cc1ccc2ccccc2n1.